The van der Waals surface area contributed by atoms with Gasteiger partial charge in [0.05, 0.1) is 6.61 Å². The molecule has 0 unspecified atom stereocenters. The number of carbonyl (C=O) groups excluding carboxylic acids is 1. The SMILES string of the molecule is C=CC(=O)OCCCCc1ccc(-c2ccc3c(c2)C(C)(C)c2cc(-c4ccc5c(c4)C(C)(C)c4cc(C(=C)C)ccc4-5)ccc2-3)cc1. The molecule has 0 radical (unpaired) electrons. The van der Waals surface area contributed by atoms with Crippen molar-refractivity contribution in [3.8, 4) is 44.5 Å². The van der Waals surface area contributed by atoms with Gasteiger partial charge in [-0.25, -0.2) is 4.79 Å². The molecule has 0 N–H and O–H groups in total. The summed E-state index contributed by atoms with van der Waals surface area (Å²) in [6.45, 7) is 19.6. The van der Waals surface area contributed by atoms with Crippen LogP contribution in [-0.4, -0.2) is 12.6 Å². The van der Waals surface area contributed by atoms with E-state index in [1.54, 1.807) is 0 Å². The van der Waals surface area contributed by atoms with E-state index < -0.39 is 0 Å². The Morgan fingerprint density at radius 1 is 0.625 bits per heavy atom. The molecule has 2 aliphatic rings. The van der Waals surface area contributed by atoms with E-state index in [2.05, 4.69) is 145 Å². The van der Waals surface area contributed by atoms with Crippen molar-refractivity contribution in [3.05, 3.63) is 150 Å². The molecule has 7 rings (SSSR count). The molecule has 0 saturated carbocycles. The van der Waals surface area contributed by atoms with E-state index >= 15 is 0 Å². The number of hydrogen-bond donors (Lipinski definition) is 0. The summed E-state index contributed by atoms with van der Waals surface area (Å²) in [5, 5.41) is 0. The fourth-order valence-electron chi connectivity index (χ4n) is 7.81. The van der Waals surface area contributed by atoms with E-state index in [4.69, 9.17) is 4.74 Å². The first-order valence-corrected chi connectivity index (χ1v) is 17.1. The third kappa shape index (κ3) is 5.34. The van der Waals surface area contributed by atoms with Gasteiger partial charge in [0, 0.05) is 16.9 Å². The maximum atomic E-state index is 11.2. The molecular formula is C46H44O2. The summed E-state index contributed by atoms with van der Waals surface area (Å²) in [6, 6.07) is 36.8. The van der Waals surface area contributed by atoms with Gasteiger partial charge in [-0.3, -0.25) is 0 Å². The van der Waals surface area contributed by atoms with Gasteiger partial charge in [0.1, 0.15) is 0 Å². The van der Waals surface area contributed by atoms with Crippen molar-refractivity contribution >= 4 is 11.5 Å². The fraction of sp³-hybridized carbons (Fsp3) is 0.239. The van der Waals surface area contributed by atoms with Crippen molar-refractivity contribution in [3.63, 3.8) is 0 Å². The first kappa shape index (κ1) is 31.6. The van der Waals surface area contributed by atoms with Crippen LogP contribution in [0.1, 0.15) is 80.8 Å². The molecule has 48 heavy (non-hydrogen) atoms. The number of aryl methyl sites for hydroxylation is 1. The zero-order chi connectivity index (χ0) is 33.8. The molecule has 2 heteroatoms. The maximum Gasteiger partial charge on any atom is 0.330 e. The van der Waals surface area contributed by atoms with Crippen molar-refractivity contribution in [1.29, 1.82) is 0 Å². The highest BCUT2D eigenvalue weighted by Gasteiger charge is 2.37. The second-order valence-corrected chi connectivity index (χ2v) is 14.6. The van der Waals surface area contributed by atoms with E-state index in [0.717, 1.165) is 24.8 Å². The van der Waals surface area contributed by atoms with Crippen LogP contribution in [0.15, 0.2) is 116 Å². The van der Waals surface area contributed by atoms with Gasteiger partial charge < -0.3 is 4.74 Å². The number of hydrogen-bond acceptors (Lipinski definition) is 2. The van der Waals surface area contributed by atoms with Crippen LogP contribution in [0.5, 0.6) is 0 Å². The first-order valence-electron chi connectivity index (χ1n) is 17.1. The van der Waals surface area contributed by atoms with Gasteiger partial charge >= 0.3 is 5.97 Å². The summed E-state index contributed by atoms with van der Waals surface area (Å²) in [5.41, 5.74) is 19.3. The number of allylic oxidation sites excluding steroid dienone is 1. The van der Waals surface area contributed by atoms with Crippen LogP contribution in [0, 0.1) is 0 Å². The van der Waals surface area contributed by atoms with Gasteiger partial charge in [0.15, 0.2) is 0 Å². The smallest absolute Gasteiger partial charge is 0.330 e. The van der Waals surface area contributed by atoms with Crippen LogP contribution < -0.4 is 0 Å². The summed E-state index contributed by atoms with van der Waals surface area (Å²) in [7, 11) is 0. The highest BCUT2D eigenvalue weighted by molar-refractivity contribution is 5.88. The Morgan fingerprint density at radius 3 is 1.54 bits per heavy atom. The third-order valence-corrected chi connectivity index (χ3v) is 10.7. The van der Waals surface area contributed by atoms with Gasteiger partial charge in [-0.05, 0) is 122 Å². The largest absolute Gasteiger partial charge is 0.463 e. The normalized spacial score (nSPS) is 14.4. The second kappa shape index (κ2) is 11.9. The number of ether oxygens (including phenoxy) is 1. The lowest BCUT2D eigenvalue weighted by atomic mass is 9.79. The molecular weight excluding hydrogens is 585 g/mol. The van der Waals surface area contributed by atoms with Crippen molar-refractivity contribution in [2.45, 2.75) is 64.7 Å². The minimum absolute atomic E-state index is 0.0745. The molecule has 2 nitrogen and oxygen atoms in total. The van der Waals surface area contributed by atoms with Crippen LogP contribution in [-0.2, 0) is 26.8 Å². The molecule has 0 amide bonds. The minimum atomic E-state index is -0.354. The van der Waals surface area contributed by atoms with Crippen LogP contribution in [0.3, 0.4) is 0 Å². The number of esters is 1. The van der Waals surface area contributed by atoms with Gasteiger partial charge in [0.25, 0.3) is 0 Å². The summed E-state index contributed by atoms with van der Waals surface area (Å²) >= 11 is 0. The Labute approximate surface area is 285 Å². The van der Waals surface area contributed by atoms with E-state index in [-0.39, 0.29) is 16.8 Å². The Morgan fingerprint density at radius 2 is 1.06 bits per heavy atom. The average Bonchev–Trinajstić information content (AvgIpc) is 3.46. The van der Waals surface area contributed by atoms with Gasteiger partial charge in [-0.1, -0.05) is 125 Å². The molecule has 0 saturated heterocycles. The Hall–Kier alpha value is -4.95. The topological polar surface area (TPSA) is 26.3 Å². The highest BCUT2D eigenvalue weighted by Crippen LogP contribution is 2.53. The van der Waals surface area contributed by atoms with Crippen molar-refractivity contribution < 1.29 is 9.53 Å². The predicted molar refractivity (Wildman–Crippen MR) is 201 cm³/mol. The number of rotatable bonds is 9. The molecule has 240 valence electrons. The van der Waals surface area contributed by atoms with Crippen LogP contribution >= 0.6 is 0 Å². The number of benzene rings is 5. The lowest BCUT2D eigenvalue weighted by Crippen LogP contribution is -2.15. The van der Waals surface area contributed by atoms with Crippen LogP contribution in [0.25, 0.3) is 50.1 Å². The number of carbonyl (C=O) groups is 1. The lowest BCUT2D eigenvalue weighted by Gasteiger charge is -2.24. The molecule has 0 spiro atoms. The molecule has 0 aromatic heterocycles. The fourth-order valence-corrected chi connectivity index (χ4v) is 7.81. The summed E-state index contributed by atoms with van der Waals surface area (Å²) in [5.74, 6) is -0.354. The zero-order valence-electron chi connectivity index (χ0n) is 28.9. The molecule has 5 aromatic rings. The van der Waals surface area contributed by atoms with E-state index in [1.807, 2.05) is 0 Å². The van der Waals surface area contributed by atoms with Gasteiger partial charge in [-0.2, -0.15) is 0 Å². The van der Waals surface area contributed by atoms with Gasteiger partial charge in [-0.15, -0.1) is 0 Å². The number of fused-ring (bicyclic) bond motifs is 6. The van der Waals surface area contributed by atoms with Crippen molar-refractivity contribution in [1.82, 2.24) is 0 Å². The molecule has 0 bridgehead atoms. The quantitative estimate of drug-likeness (QED) is 0.0922. The number of unbranched alkanes of at least 4 members (excludes halogenated alkanes) is 1. The standard InChI is InChI=1S/C46H44O2/c1-8-44(47)48-24-10-9-11-30-12-14-31(15-13-30)33-17-21-37-39-23-19-35(28-43(39)46(6,7)41(37)26-33)34-18-22-38-36-20-16-32(29(2)3)25-40(36)45(4,5)42(38)27-34/h8,12-23,25-28H,1-2,9-11,24H2,3-7H3. The Kier molecular flexibility index (Phi) is 7.87. The molecule has 0 heterocycles. The molecule has 2 aliphatic carbocycles. The average molecular weight is 629 g/mol. The van der Waals surface area contributed by atoms with Gasteiger partial charge in [0.2, 0.25) is 0 Å². The van der Waals surface area contributed by atoms with E-state index in [9.17, 15) is 4.79 Å². The predicted octanol–water partition coefficient (Wildman–Crippen LogP) is 11.7. The molecule has 0 atom stereocenters. The van der Waals surface area contributed by atoms with Crippen molar-refractivity contribution in [2.24, 2.45) is 0 Å². The Bertz CT molecular complexity index is 2110. The summed E-state index contributed by atoms with van der Waals surface area (Å²) < 4.78 is 5.10. The second-order valence-electron chi connectivity index (χ2n) is 14.6. The van der Waals surface area contributed by atoms with Crippen LogP contribution in [0.4, 0.5) is 0 Å². The third-order valence-electron chi connectivity index (χ3n) is 10.7. The molecule has 0 aliphatic heterocycles. The zero-order valence-corrected chi connectivity index (χ0v) is 28.9. The minimum Gasteiger partial charge on any atom is -0.463 e. The highest BCUT2D eigenvalue weighted by atomic mass is 16.5. The lowest BCUT2D eigenvalue weighted by molar-refractivity contribution is -0.137. The Balaban J connectivity index is 1.13. The van der Waals surface area contributed by atoms with E-state index in [0.29, 0.717) is 6.61 Å². The molecule has 5 aromatic carbocycles. The maximum absolute atomic E-state index is 11.2. The first-order chi connectivity index (χ1) is 23.0. The summed E-state index contributed by atoms with van der Waals surface area (Å²) in [4.78, 5) is 11.2. The van der Waals surface area contributed by atoms with Crippen molar-refractivity contribution in [2.75, 3.05) is 6.61 Å². The van der Waals surface area contributed by atoms with E-state index in [1.165, 1.54) is 84.0 Å². The van der Waals surface area contributed by atoms with Crippen LogP contribution in [0.2, 0.25) is 0 Å². The monoisotopic (exact) mass is 628 g/mol. The molecule has 0 fully saturated rings. The summed E-state index contributed by atoms with van der Waals surface area (Å²) in [6.07, 6.45) is 4.00.